The number of nitrogens with zero attached hydrogens (tertiary/aromatic N) is 2. The van der Waals surface area contributed by atoms with E-state index < -0.39 is 11.9 Å². The van der Waals surface area contributed by atoms with Crippen LogP contribution in [0.3, 0.4) is 0 Å². The molecule has 1 heterocycles. The first-order valence-corrected chi connectivity index (χ1v) is 10.0. The number of aryl methyl sites for hydroxylation is 3. The van der Waals surface area contributed by atoms with Gasteiger partial charge in [0.15, 0.2) is 0 Å². The lowest BCUT2D eigenvalue weighted by molar-refractivity contribution is -0.117. The fourth-order valence-corrected chi connectivity index (χ4v) is 3.38. The van der Waals surface area contributed by atoms with Crippen LogP contribution in [-0.2, 0) is 4.79 Å². The van der Waals surface area contributed by atoms with E-state index in [-0.39, 0.29) is 11.0 Å². The Hall–Kier alpha value is -3.13. The summed E-state index contributed by atoms with van der Waals surface area (Å²) in [5, 5.41) is 13.2. The number of benzene rings is 2. The van der Waals surface area contributed by atoms with E-state index in [0.29, 0.717) is 11.6 Å². The minimum atomic E-state index is -0.578. The fraction of sp³-hybridized carbons (Fsp3) is 0.238. The third-order valence-corrected chi connectivity index (χ3v) is 5.13. The summed E-state index contributed by atoms with van der Waals surface area (Å²) >= 11 is 1.07. The van der Waals surface area contributed by atoms with E-state index in [1.807, 2.05) is 52.0 Å². The smallest absolute Gasteiger partial charge is 0.325 e. The first-order chi connectivity index (χ1) is 13.8. The number of amides is 3. The van der Waals surface area contributed by atoms with E-state index in [2.05, 4.69) is 26.9 Å². The maximum absolute atomic E-state index is 12.1. The van der Waals surface area contributed by atoms with Gasteiger partial charge in [0, 0.05) is 11.3 Å². The predicted octanol–water partition coefficient (Wildman–Crippen LogP) is 4.41. The van der Waals surface area contributed by atoms with Crippen LogP contribution >= 0.6 is 11.8 Å². The minimum Gasteiger partial charge on any atom is -0.411 e. The number of aromatic nitrogens is 2. The van der Waals surface area contributed by atoms with Crippen LogP contribution in [0.1, 0.15) is 22.3 Å². The Morgan fingerprint density at radius 1 is 1.03 bits per heavy atom. The Balaban J connectivity index is 1.54. The van der Waals surface area contributed by atoms with E-state index in [1.165, 1.54) is 0 Å². The van der Waals surface area contributed by atoms with Crippen LogP contribution in [-0.4, -0.2) is 27.9 Å². The lowest BCUT2D eigenvalue weighted by Crippen LogP contribution is -2.35. The molecule has 0 saturated carbocycles. The minimum absolute atomic E-state index is 0.0191. The van der Waals surface area contributed by atoms with Gasteiger partial charge in [0.25, 0.3) is 5.22 Å². The molecule has 7 nitrogen and oxygen atoms in total. The van der Waals surface area contributed by atoms with Crippen LogP contribution < -0.4 is 10.6 Å². The van der Waals surface area contributed by atoms with Crippen molar-refractivity contribution in [1.82, 2.24) is 15.5 Å². The molecule has 3 rings (SSSR count). The average molecular weight is 410 g/mol. The zero-order valence-corrected chi connectivity index (χ0v) is 17.5. The Kier molecular flexibility index (Phi) is 6.33. The van der Waals surface area contributed by atoms with Gasteiger partial charge < -0.3 is 9.73 Å². The third-order valence-electron chi connectivity index (χ3n) is 4.31. The number of hydrogen-bond acceptors (Lipinski definition) is 6. The van der Waals surface area contributed by atoms with Crippen molar-refractivity contribution < 1.29 is 14.0 Å². The molecule has 0 radical (unpaired) electrons. The van der Waals surface area contributed by atoms with Crippen molar-refractivity contribution in [2.24, 2.45) is 0 Å². The molecule has 0 aliphatic heterocycles. The molecule has 0 aliphatic rings. The highest BCUT2D eigenvalue weighted by Gasteiger charge is 2.14. The Labute approximate surface area is 173 Å². The molecule has 2 N–H and O–H groups in total. The van der Waals surface area contributed by atoms with Gasteiger partial charge in [-0.25, -0.2) is 4.79 Å². The molecule has 3 aromatic rings. The van der Waals surface area contributed by atoms with Crippen molar-refractivity contribution in [3.05, 3.63) is 58.7 Å². The highest BCUT2D eigenvalue weighted by molar-refractivity contribution is 7.99. The molecule has 29 heavy (non-hydrogen) atoms. The van der Waals surface area contributed by atoms with Crippen molar-refractivity contribution in [3.63, 3.8) is 0 Å². The largest absolute Gasteiger partial charge is 0.411 e. The van der Waals surface area contributed by atoms with Crippen LogP contribution in [0.15, 0.2) is 46.0 Å². The first kappa shape index (κ1) is 20.6. The van der Waals surface area contributed by atoms with E-state index in [0.717, 1.165) is 39.6 Å². The number of hydrogen-bond donors (Lipinski definition) is 2. The van der Waals surface area contributed by atoms with Crippen LogP contribution in [0.2, 0.25) is 0 Å². The molecular formula is C21H22N4O3S. The molecule has 1 aromatic heterocycles. The van der Waals surface area contributed by atoms with Gasteiger partial charge in [0.1, 0.15) is 0 Å². The van der Waals surface area contributed by atoms with Crippen molar-refractivity contribution in [1.29, 1.82) is 0 Å². The van der Waals surface area contributed by atoms with Gasteiger partial charge in [-0.2, -0.15) is 0 Å². The number of nitrogens with one attached hydrogen (secondary N) is 2. The number of rotatable bonds is 5. The summed E-state index contributed by atoms with van der Waals surface area (Å²) in [7, 11) is 0. The molecular weight excluding hydrogens is 388 g/mol. The number of imide groups is 1. The second kappa shape index (κ2) is 8.91. The van der Waals surface area contributed by atoms with E-state index in [4.69, 9.17) is 4.42 Å². The summed E-state index contributed by atoms with van der Waals surface area (Å²) in [6.45, 7) is 7.86. The van der Waals surface area contributed by atoms with Gasteiger partial charge in [-0.15, -0.1) is 10.2 Å². The lowest BCUT2D eigenvalue weighted by Gasteiger charge is -2.10. The first-order valence-electron chi connectivity index (χ1n) is 9.04. The predicted molar refractivity (Wildman–Crippen MR) is 113 cm³/mol. The Morgan fingerprint density at radius 3 is 2.48 bits per heavy atom. The normalized spacial score (nSPS) is 10.6. The van der Waals surface area contributed by atoms with E-state index in [9.17, 15) is 9.59 Å². The zero-order valence-electron chi connectivity index (χ0n) is 16.7. The number of thioether (sulfide) groups is 1. The molecule has 8 heteroatoms. The second-order valence-corrected chi connectivity index (χ2v) is 7.71. The maximum Gasteiger partial charge on any atom is 0.325 e. The standard InChI is InChI=1S/C21H22N4O3S/c1-12-8-13(2)10-16(9-12)19-24-25-21(28-19)29-11-18(26)23-20(27)22-17-7-5-6-14(3)15(17)4/h5-10H,11H2,1-4H3,(H2,22,23,26,27). The van der Waals surface area contributed by atoms with E-state index >= 15 is 0 Å². The number of urea groups is 1. The second-order valence-electron chi connectivity index (χ2n) is 6.79. The maximum atomic E-state index is 12.1. The molecule has 3 amide bonds. The molecule has 0 aliphatic carbocycles. The van der Waals surface area contributed by atoms with Crippen LogP contribution in [0, 0.1) is 27.7 Å². The van der Waals surface area contributed by atoms with Gasteiger partial charge in [-0.1, -0.05) is 41.1 Å². The third kappa shape index (κ3) is 5.45. The SMILES string of the molecule is Cc1cc(C)cc(-c2nnc(SCC(=O)NC(=O)Nc3cccc(C)c3C)o2)c1. The van der Waals surface area contributed by atoms with Gasteiger partial charge in [-0.3, -0.25) is 10.1 Å². The zero-order chi connectivity index (χ0) is 21.0. The van der Waals surface area contributed by atoms with Gasteiger partial charge in [0.05, 0.1) is 5.75 Å². The molecule has 0 unspecified atom stereocenters. The summed E-state index contributed by atoms with van der Waals surface area (Å²) in [6, 6.07) is 11.0. The summed E-state index contributed by atoms with van der Waals surface area (Å²) in [5.74, 6) is -0.0781. The number of carbonyl (C=O) groups is 2. The molecule has 0 fully saturated rings. The molecule has 0 saturated heterocycles. The van der Waals surface area contributed by atoms with Gasteiger partial charge in [-0.05, 0) is 57.0 Å². The summed E-state index contributed by atoms with van der Waals surface area (Å²) in [6.07, 6.45) is 0. The number of carbonyl (C=O) groups excluding carboxylic acids is 2. The topological polar surface area (TPSA) is 97.1 Å². The molecule has 0 atom stereocenters. The Bertz CT molecular complexity index is 1040. The number of anilines is 1. The highest BCUT2D eigenvalue weighted by atomic mass is 32.2. The quantitative estimate of drug-likeness (QED) is 0.605. The summed E-state index contributed by atoms with van der Waals surface area (Å²) in [5.41, 5.74) is 5.70. The summed E-state index contributed by atoms with van der Waals surface area (Å²) < 4.78 is 5.62. The van der Waals surface area contributed by atoms with Crippen LogP contribution in [0.25, 0.3) is 11.5 Å². The monoisotopic (exact) mass is 410 g/mol. The molecule has 0 bridgehead atoms. The molecule has 2 aromatic carbocycles. The Morgan fingerprint density at radius 2 is 1.76 bits per heavy atom. The van der Waals surface area contributed by atoms with Crippen molar-refractivity contribution >= 4 is 29.4 Å². The van der Waals surface area contributed by atoms with Gasteiger partial charge >= 0.3 is 6.03 Å². The fourth-order valence-electron chi connectivity index (χ4n) is 2.81. The van der Waals surface area contributed by atoms with Gasteiger partial charge in [0.2, 0.25) is 11.8 Å². The molecule has 0 spiro atoms. The van der Waals surface area contributed by atoms with Crippen molar-refractivity contribution in [2.75, 3.05) is 11.1 Å². The van der Waals surface area contributed by atoms with Crippen molar-refractivity contribution in [2.45, 2.75) is 32.9 Å². The van der Waals surface area contributed by atoms with E-state index in [1.54, 1.807) is 6.07 Å². The van der Waals surface area contributed by atoms with Crippen LogP contribution in [0.4, 0.5) is 10.5 Å². The summed E-state index contributed by atoms with van der Waals surface area (Å²) in [4.78, 5) is 24.1. The van der Waals surface area contributed by atoms with Crippen molar-refractivity contribution in [3.8, 4) is 11.5 Å². The highest BCUT2D eigenvalue weighted by Crippen LogP contribution is 2.25. The lowest BCUT2D eigenvalue weighted by atomic mass is 10.1. The average Bonchev–Trinajstić information content (AvgIpc) is 3.12. The molecule has 150 valence electrons. The van der Waals surface area contributed by atoms with Crippen LogP contribution in [0.5, 0.6) is 0 Å².